The maximum atomic E-state index is 13.7. The second-order valence-electron chi connectivity index (χ2n) is 6.96. The van der Waals surface area contributed by atoms with Crippen LogP contribution >= 0.6 is 0 Å². The first-order valence-corrected chi connectivity index (χ1v) is 10.7. The summed E-state index contributed by atoms with van der Waals surface area (Å²) in [5.41, 5.74) is 4.08. The highest BCUT2D eigenvalue weighted by Crippen LogP contribution is 2.49. The zero-order valence-electron chi connectivity index (χ0n) is 16.2. The fraction of sp³-hybridized carbons (Fsp3) is 0.174. The van der Waals surface area contributed by atoms with Crippen molar-refractivity contribution in [3.8, 4) is 11.1 Å². The van der Waals surface area contributed by atoms with E-state index < -0.39 is 22.0 Å². The van der Waals surface area contributed by atoms with Crippen LogP contribution in [0.5, 0.6) is 0 Å². The molecule has 0 saturated carbocycles. The molecule has 0 bridgehead atoms. The number of aryl methyl sites for hydroxylation is 1. The Morgan fingerprint density at radius 1 is 0.931 bits per heavy atom. The molecule has 0 N–H and O–H groups in total. The Labute approximate surface area is 170 Å². The predicted molar refractivity (Wildman–Crippen MR) is 112 cm³/mol. The minimum atomic E-state index is -3.91. The summed E-state index contributed by atoms with van der Waals surface area (Å²) in [6.45, 7) is 1.93. The van der Waals surface area contributed by atoms with Crippen molar-refractivity contribution in [3.05, 3.63) is 83.9 Å². The third kappa shape index (κ3) is 3.19. The zero-order valence-corrected chi connectivity index (χ0v) is 17.0. The van der Waals surface area contributed by atoms with Crippen molar-refractivity contribution in [2.45, 2.75) is 24.3 Å². The lowest BCUT2D eigenvalue weighted by Gasteiger charge is -2.39. The average molecular weight is 407 g/mol. The maximum absolute atomic E-state index is 13.7. The van der Waals surface area contributed by atoms with E-state index >= 15 is 0 Å². The number of para-hydroxylation sites is 1. The van der Waals surface area contributed by atoms with Crippen molar-refractivity contribution in [2.24, 2.45) is 0 Å². The lowest BCUT2D eigenvalue weighted by molar-refractivity contribution is -0.141. The van der Waals surface area contributed by atoms with Gasteiger partial charge in [-0.25, -0.2) is 8.42 Å². The van der Waals surface area contributed by atoms with Gasteiger partial charge in [-0.15, -0.1) is 0 Å². The van der Waals surface area contributed by atoms with Crippen LogP contribution in [-0.4, -0.2) is 21.5 Å². The summed E-state index contributed by atoms with van der Waals surface area (Å²) in [6, 6.07) is 20.8. The number of methoxy groups -OCH3 is 1. The smallest absolute Gasteiger partial charge is 0.307 e. The Bertz CT molecular complexity index is 1170. The number of hydrogen-bond acceptors (Lipinski definition) is 4. The van der Waals surface area contributed by atoms with E-state index in [0.717, 1.165) is 22.3 Å². The Balaban J connectivity index is 2.02. The summed E-state index contributed by atoms with van der Waals surface area (Å²) in [5.74, 6) is -0.461. The molecule has 0 amide bonds. The Morgan fingerprint density at radius 3 is 2.31 bits per heavy atom. The molecule has 148 valence electrons. The summed E-state index contributed by atoms with van der Waals surface area (Å²) >= 11 is 0. The topological polar surface area (TPSA) is 63.7 Å². The summed E-state index contributed by atoms with van der Waals surface area (Å²) in [5, 5.41) is 0. The van der Waals surface area contributed by atoms with Gasteiger partial charge in [0.1, 0.15) is 0 Å². The minimum Gasteiger partial charge on any atom is -0.469 e. The van der Waals surface area contributed by atoms with Crippen molar-refractivity contribution in [1.82, 2.24) is 0 Å². The van der Waals surface area contributed by atoms with Crippen LogP contribution in [0, 0.1) is 6.92 Å². The Morgan fingerprint density at radius 2 is 1.59 bits per heavy atom. The second-order valence-corrected chi connectivity index (χ2v) is 8.78. The molecule has 1 aliphatic heterocycles. The molecule has 1 unspecified atom stereocenters. The molecule has 0 spiro atoms. The predicted octanol–water partition coefficient (Wildman–Crippen LogP) is 4.48. The minimum absolute atomic E-state index is 0.0747. The molecule has 0 fully saturated rings. The molecule has 4 rings (SSSR count). The first-order chi connectivity index (χ1) is 13.9. The van der Waals surface area contributed by atoms with Gasteiger partial charge in [-0.1, -0.05) is 54.6 Å². The molecular weight excluding hydrogens is 386 g/mol. The summed E-state index contributed by atoms with van der Waals surface area (Å²) in [4.78, 5) is 12.5. The first kappa shape index (κ1) is 19.2. The highest BCUT2D eigenvalue weighted by Gasteiger charge is 2.40. The van der Waals surface area contributed by atoms with E-state index in [1.165, 1.54) is 11.4 Å². The molecule has 0 saturated heterocycles. The van der Waals surface area contributed by atoms with Gasteiger partial charge in [0.05, 0.1) is 30.2 Å². The molecule has 0 aliphatic carbocycles. The number of anilines is 1. The number of carbonyl (C=O) groups excluding carboxylic acids is 1. The molecule has 29 heavy (non-hydrogen) atoms. The Hall–Kier alpha value is -3.12. The number of rotatable bonds is 4. The number of benzene rings is 3. The number of hydrogen-bond donors (Lipinski definition) is 0. The number of nitrogens with zero attached hydrogens (tertiary/aromatic N) is 1. The van der Waals surface area contributed by atoms with Gasteiger partial charge in [-0.2, -0.15) is 0 Å². The maximum Gasteiger partial charge on any atom is 0.307 e. The highest BCUT2D eigenvalue weighted by molar-refractivity contribution is 7.92. The fourth-order valence-electron chi connectivity index (χ4n) is 3.97. The summed E-state index contributed by atoms with van der Waals surface area (Å²) < 4.78 is 33.7. The highest BCUT2D eigenvalue weighted by atomic mass is 32.2. The van der Waals surface area contributed by atoms with Crippen molar-refractivity contribution < 1.29 is 17.9 Å². The largest absolute Gasteiger partial charge is 0.469 e. The summed E-state index contributed by atoms with van der Waals surface area (Å²) in [7, 11) is -2.60. The Kier molecular flexibility index (Phi) is 4.88. The van der Waals surface area contributed by atoms with Gasteiger partial charge in [0, 0.05) is 5.56 Å². The van der Waals surface area contributed by atoms with Gasteiger partial charge in [0.25, 0.3) is 10.0 Å². The van der Waals surface area contributed by atoms with Gasteiger partial charge in [-0.05, 0) is 41.8 Å². The van der Waals surface area contributed by atoms with Crippen molar-refractivity contribution >= 4 is 21.7 Å². The third-order valence-corrected chi connectivity index (χ3v) is 7.10. The molecule has 3 aromatic rings. The van der Waals surface area contributed by atoms with Crippen molar-refractivity contribution in [1.29, 1.82) is 0 Å². The van der Waals surface area contributed by atoms with Gasteiger partial charge in [0.2, 0.25) is 0 Å². The van der Waals surface area contributed by atoms with Crippen LogP contribution in [0.3, 0.4) is 0 Å². The quantitative estimate of drug-likeness (QED) is 0.599. The second kappa shape index (κ2) is 7.37. The van der Waals surface area contributed by atoms with Crippen LogP contribution in [0.25, 0.3) is 11.1 Å². The first-order valence-electron chi connectivity index (χ1n) is 9.30. The van der Waals surface area contributed by atoms with Gasteiger partial charge < -0.3 is 4.74 Å². The van der Waals surface area contributed by atoms with E-state index in [1.54, 1.807) is 36.4 Å². The van der Waals surface area contributed by atoms with Gasteiger partial charge in [-0.3, -0.25) is 9.10 Å². The molecule has 5 nitrogen and oxygen atoms in total. The molecule has 1 atom stereocenters. The molecule has 6 heteroatoms. The number of fused-ring (bicyclic) bond motifs is 3. The number of sulfonamides is 1. The van der Waals surface area contributed by atoms with Crippen LogP contribution < -0.4 is 4.31 Å². The monoisotopic (exact) mass is 407 g/mol. The van der Waals surface area contributed by atoms with E-state index in [4.69, 9.17) is 4.74 Å². The SMILES string of the molecule is COC(=O)CC1c2c(C)cccc2-c2ccccc2N1S(=O)(=O)c1ccccc1. The number of carbonyl (C=O) groups is 1. The fourth-order valence-corrected chi connectivity index (χ4v) is 5.63. The molecule has 0 radical (unpaired) electrons. The van der Waals surface area contributed by atoms with Gasteiger partial charge in [0.15, 0.2) is 0 Å². The average Bonchev–Trinajstić information content (AvgIpc) is 2.74. The lowest BCUT2D eigenvalue weighted by Crippen LogP contribution is -2.39. The number of esters is 1. The van der Waals surface area contributed by atoms with Crippen molar-refractivity contribution in [3.63, 3.8) is 0 Å². The van der Waals surface area contributed by atoms with Crippen LogP contribution in [0.1, 0.15) is 23.6 Å². The van der Waals surface area contributed by atoms with Gasteiger partial charge >= 0.3 is 5.97 Å². The van der Waals surface area contributed by atoms with E-state index in [2.05, 4.69) is 0 Å². The van der Waals surface area contributed by atoms with Crippen LogP contribution in [0.15, 0.2) is 77.7 Å². The van der Waals surface area contributed by atoms with Crippen LogP contribution in [-0.2, 0) is 19.6 Å². The molecule has 1 aliphatic rings. The molecule has 3 aromatic carbocycles. The molecule has 1 heterocycles. The lowest BCUT2D eigenvalue weighted by atomic mass is 9.85. The zero-order chi connectivity index (χ0) is 20.6. The van der Waals surface area contributed by atoms with Crippen molar-refractivity contribution in [2.75, 3.05) is 11.4 Å². The van der Waals surface area contributed by atoms with E-state index in [-0.39, 0.29) is 11.3 Å². The van der Waals surface area contributed by atoms with Crippen LogP contribution in [0.4, 0.5) is 5.69 Å². The van der Waals surface area contributed by atoms with E-state index in [0.29, 0.717) is 5.69 Å². The standard InChI is InChI=1S/C23H21NO4S/c1-16-9-8-13-19-18-12-6-7-14-20(18)24(21(23(16)19)15-22(25)28-2)29(26,27)17-10-4-3-5-11-17/h3-14,21H,15H2,1-2H3. The molecule has 0 aromatic heterocycles. The molecular formula is C23H21NO4S. The number of ether oxygens (including phenoxy) is 1. The third-order valence-electron chi connectivity index (χ3n) is 5.26. The normalized spacial score (nSPS) is 15.4. The van der Waals surface area contributed by atoms with E-state index in [9.17, 15) is 13.2 Å². The van der Waals surface area contributed by atoms with Crippen LogP contribution in [0.2, 0.25) is 0 Å². The summed E-state index contributed by atoms with van der Waals surface area (Å²) in [6.07, 6.45) is -0.0747. The van der Waals surface area contributed by atoms with E-state index in [1.807, 2.05) is 43.3 Å².